The molecule has 0 fully saturated rings. The van der Waals surface area contributed by atoms with Gasteiger partial charge in [-0.05, 0) is 36.4 Å². The lowest BCUT2D eigenvalue weighted by Gasteiger charge is -2.08. The number of carbonyl (C=O) groups is 1. The number of nitrogens with two attached hydrogens (primary N) is 1. The number of benzene rings is 2. The fourth-order valence-electron chi connectivity index (χ4n) is 1.79. The average Bonchev–Trinajstić information content (AvgIpc) is 2.40. The van der Waals surface area contributed by atoms with Crippen LogP contribution in [0.2, 0.25) is 5.02 Å². The molecule has 0 atom stereocenters. The second kappa shape index (κ2) is 5.75. The Kier molecular flexibility index (Phi) is 4.20. The summed E-state index contributed by atoms with van der Waals surface area (Å²) in [4.78, 5) is 12.3. The van der Waals surface area contributed by atoms with Gasteiger partial charge in [-0.3, -0.25) is 9.52 Å². The number of ketones is 1. The van der Waals surface area contributed by atoms with Crippen LogP contribution in [0, 0.1) is 0 Å². The van der Waals surface area contributed by atoms with Crippen molar-refractivity contribution in [2.75, 3.05) is 16.7 Å². The number of rotatable bonds is 4. The van der Waals surface area contributed by atoms with Crippen LogP contribution in [0.3, 0.4) is 0 Å². The van der Waals surface area contributed by atoms with Gasteiger partial charge in [0.15, 0.2) is 5.78 Å². The van der Waals surface area contributed by atoms with E-state index in [1.165, 1.54) is 24.3 Å². The number of para-hydroxylation sites is 1. The van der Waals surface area contributed by atoms with Crippen LogP contribution in [0.25, 0.3) is 0 Å². The molecule has 0 saturated carbocycles. The highest BCUT2D eigenvalue weighted by molar-refractivity contribution is 7.92. The molecule has 5 nitrogen and oxygen atoms in total. The molecule has 0 aliphatic heterocycles. The molecule has 0 spiro atoms. The molecule has 2 aromatic carbocycles. The Balaban J connectivity index is 2.30. The van der Waals surface area contributed by atoms with E-state index in [0.717, 1.165) is 6.26 Å². The lowest BCUT2D eigenvalue weighted by atomic mass is 10.0. The number of nitrogen functional groups attached to an aromatic ring is 1. The van der Waals surface area contributed by atoms with Crippen molar-refractivity contribution in [3.63, 3.8) is 0 Å². The van der Waals surface area contributed by atoms with Gasteiger partial charge < -0.3 is 5.73 Å². The van der Waals surface area contributed by atoms with Crippen molar-refractivity contribution in [1.29, 1.82) is 0 Å². The Bertz CT molecular complexity index is 786. The number of sulfonamides is 1. The van der Waals surface area contributed by atoms with E-state index in [4.69, 9.17) is 17.3 Å². The number of halogens is 1. The molecule has 2 rings (SSSR count). The quantitative estimate of drug-likeness (QED) is 0.668. The summed E-state index contributed by atoms with van der Waals surface area (Å²) in [5.41, 5.74) is 7.10. The van der Waals surface area contributed by atoms with E-state index in [9.17, 15) is 13.2 Å². The van der Waals surface area contributed by atoms with Gasteiger partial charge in [-0.15, -0.1) is 0 Å². The van der Waals surface area contributed by atoms with Gasteiger partial charge in [0.05, 0.1) is 17.0 Å². The number of nitrogens with one attached hydrogen (secondary N) is 1. The second-order valence-corrected chi connectivity index (χ2v) is 6.64. The van der Waals surface area contributed by atoms with Crippen molar-refractivity contribution < 1.29 is 13.2 Å². The number of anilines is 2. The summed E-state index contributed by atoms with van der Waals surface area (Å²) in [7, 11) is -3.35. The van der Waals surface area contributed by atoms with E-state index >= 15 is 0 Å². The first-order chi connectivity index (χ1) is 9.78. The molecule has 110 valence electrons. The maximum Gasteiger partial charge on any atom is 0.229 e. The molecule has 0 saturated heterocycles. The standard InChI is InChI=1S/C14H13ClN2O3S/c1-21(19,20)17-10-7-5-9(6-8-10)14(18)11-3-2-4-12(15)13(11)16/h2-8,17H,16H2,1H3. The minimum absolute atomic E-state index is 0.225. The monoisotopic (exact) mass is 324 g/mol. The van der Waals surface area contributed by atoms with Crippen LogP contribution >= 0.6 is 11.6 Å². The largest absolute Gasteiger partial charge is 0.397 e. The highest BCUT2D eigenvalue weighted by Crippen LogP contribution is 2.25. The molecule has 0 aromatic heterocycles. The van der Waals surface area contributed by atoms with E-state index in [0.29, 0.717) is 21.8 Å². The van der Waals surface area contributed by atoms with Crippen LogP contribution in [-0.2, 0) is 10.0 Å². The maximum atomic E-state index is 12.3. The molecule has 3 N–H and O–H groups in total. The number of hydrogen-bond acceptors (Lipinski definition) is 4. The maximum absolute atomic E-state index is 12.3. The molecule has 2 aromatic rings. The Labute approximate surface area is 127 Å². The minimum atomic E-state index is -3.35. The Morgan fingerprint density at radius 1 is 1.14 bits per heavy atom. The first kappa shape index (κ1) is 15.3. The Hall–Kier alpha value is -2.05. The third-order valence-electron chi connectivity index (χ3n) is 2.75. The van der Waals surface area contributed by atoms with Gasteiger partial charge in [0, 0.05) is 16.8 Å². The molecule has 0 unspecified atom stereocenters. The van der Waals surface area contributed by atoms with Crippen LogP contribution in [0.4, 0.5) is 11.4 Å². The number of hydrogen-bond donors (Lipinski definition) is 2. The van der Waals surface area contributed by atoms with Gasteiger partial charge >= 0.3 is 0 Å². The molecule has 21 heavy (non-hydrogen) atoms. The van der Waals surface area contributed by atoms with Crippen LogP contribution in [0.5, 0.6) is 0 Å². The summed E-state index contributed by atoms with van der Waals surface area (Å²) in [6, 6.07) is 10.9. The highest BCUT2D eigenvalue weighted by atomic mass is 35.5. The fraction of sp³-hybridized carbons (Fsp3) is 0.0714. The van der Waals surface area contributed by atoms with E-state index in [2.05, 4.69) is 4.72 Å². The van der Waals surface area contributed by atoms with Crippen molar-refractivity contribution >= 4 is 38.8 Å². The van der Waals surface area contributed by atoms with Crippen molar-refractivity contribution in [2.24, 2.45) is 0 Å². The van der Waals surface area contributed by atoms with Gasteiger partial charge in [0.2, 0.25) is 10.0 Å². The molecular formula is C14H13ClN2O3S. The second-order valence-electron chi connectivity index (χ2n) is 4.48. The van der Waals surface area contributed by atoms with E-state index in [1.807, 2.05) is 0 Å². The molecule has 7 heteroatoms. The predicted octanol–water partition coefficient (Wildman–Crippen LogP) is 2.52. The summed E-state index contributed by atoms with van der Waals surface area (Å²) in [6.45, 7) is 0. The zero-order valence-electron chi connectivity index (χ0n) is 11.1. The van der Waals surface area contributed by atoms with Crippen LogP contribution in [-0.4, -0.2) is 20.5 Å². The van der Waals surface area contributed by atoms with E-state index in [-0.39, 0.29) is 11.5 Å². The molecule has 0 amide bonds. The molecule has 0 heterocycles. The smallest absolute Gasteiger partial charge is 0.229 e. The molecule has 0 bridgehead atoms. The normalized spacial score (nSPS) is 11.1. The van der Waals surface area contributed by atoms with Crippen molar-refractivity contribution in [2.45, 2.75) is 0 Å². The Morgan fingerprint density at radius 3 is 2.33 bits per heavy atom. The third kappa shape index (κ3) is 3.74. The minimum Gasteiger partial charge on any atom is -0.397 e. The lowest BCUT2D eigenvalue weighted by molar-refractivity contribution is 0.103. The van der Waals surface area contributed by atoms with Crippen LogP contribution in [0.15, 0.2) is 42.5 Å². The summed E-state index contributed by atoms with van der Waals surface area (Å²) < 4.78 is 24.6. The van der Waals surface area contributed by atoms with E-state index < -0.39 is 10.0 Å². The highest BCUT2D eigenvalue weighted by Gasteiger charge is 2.14. The summed E-state index contributed by atoms with van der Waals surface area (Å²) in [5.74, 6) is -0.277. The number of carbonyl (C=O) groups excluding carboxylic acids is 1. The lowest BCUT2D eigenvalue weighted by Crippen LogP contribution is -2.10. The molecule has 0 radical (unpaired) electrons. The first-order valence-corrected chi connectivity index (χ1v) is 8.21. The van der Waals surface area contributed by atoms with Crippen molar-refractivity contribution in [3.05, 3.63) is 58.6 Å². The molecule has 0 aliphatic rings. The summed E-state index contributed by atoms with van der Waals surface area (Å²) in [6.07, 6.45) is 1.05. The predicted molar refractivity (Wildman–Crippen MR) is 84.2 cm³/mol. The van der Waals surface area contributed by atoms with Gasteiger partial charge in [-0.25, -0.2) is 8.42 Å². The average molecular weight is 325 g/mol. The summed E-state index contributed by atoms with van der Waals surface area (Å²) in [5, 5.41) is 0.316. The topological polar surface area (TPSA) is 89.3 Å². The Morgan fingerprint density at radius 2 is 1.76 bits per heavy atom. The SMILES string of the molecule is CS(=O)(=O)Nc1ccc(C(=O)c2cccc(Cl)c2N)cc1. The van der Waals surface area contributed by atoms with E-state index in [1.54, 1.807) is 18.2 Å². The zero-order chi connectivity index (χ0) is 15.6. The zero-order valence-corrected chi connectivity index (χ0v) is 12.7. The van der Waals surface area contributed by atoms with Gasteiger partial charge in [0.25, 0.3) is 0 Å². The van der Waals surface area contributed by atoms with Gasteiger partial charge in [0.1, 0.15) is 0 Å². The van der Waals surface area contributed by atoms with Gasteiger partial charge in [-0.1, -0.05) is 17.7 Å². The first-order valence-electron chi connectivity index (χ1n) is 5.94. The van der Waals surface area contributed by atoms with Gasteiger partial charge in [-0.2, -0.15) is 0 Å². The van der Waals surface area contributed by atoms with Crippen molar-refractivity contribution in [3.8, 4) is 0 Å². The van der Waals surface area contributed by atoms with Crippen LogP contribution in [0.1, 0.15) is 15.9 Å². The van der Waals surface area contributed by atoms with Crippen LogP contribution < -0.4 is 10.5 Å². The van der Waals surface area contributed by atoms with Crippen molar-refractivity contribution in [1.82, 2.24) is 0 Å². The summed E-state index contributed by atoms with van der Waals surface area (Å²) >= 11 is 5.89. The molecule has 0 aliphatic carbocycles. The third-order valence-corrected chi connectivity index (χ3v) is 3.68. The fourth-order valence-corrected chi connectivity index (χ4v) is 2.53. The molecular weight excluding hydrogens is 312 g/mol.